The third-order valence-corrected chi connectivity index (χ3v) is 3.33. The Morgan fingerprint density at radius 1 is 1.40 bits per heavy atom. The zero-order valence-electron chi connectivity index (χ0n) is 9.80. The molecule has 1 aliphatic rings. The van der Waals surface area contributed by atoms with Gasteiger partial charge < -0.3 is 10.2 Å². The molecule has 0 amide bonds. The number of hydrogen-bond donors (Lipinski definition) is 2. The van der Waals surface area contributed by atoms with Crippen molar-refractivity contribution in [3.05, 3.63) is 11.4 Å². The predicted molar refractivity (Wildman–Crippen MR) is 62.3 cm³/mol. The fourth-order valence-electron chi connectivity index (χ4n) is 2.34. The summed E-state index contributed by atoms with van der Waals surface area (Å²) in [6, 6.07) is 0. The van der Waals surface area contributed by atoms with Gasteiger partial charge in [0.15, 0.2) is 0 Å². The van der Waals surface area contributed by atoms with Gasteiger partial charge >= 0.3 is 0 Å². The highest BCUT2D eigenvalue weighted by Crippen LogP contribution is 2.32. The monoisotopic (exact) mass is 208 g/mol. The van der Waals surface area contributed by atoms with Crippen LogP contribution in [0.2, 0.25) is 0 Å². The molecule has 1 saturated heterocycles. The Morgan fingerprint density at radius 3 is 2.67 bits per heavy atom. The van der Waals surface area contributed by atoms with E-state index in [-0.39, 0.29) is 0 Å². The Kier molecular flexibility index (Phi) is 2.95. The molecule has 4 heteroatoms. The lowest BCUT2D eigenvalue weighted by Crippen LogP contribution is -2.29. The average molecular weight is 208 g/mol. The van der Waals surface area contributed by atoms with Gasteiger partial charge in [-0.1, -0.05) is 0 Å². The minimum absolute atomic E-state index is 0.619. The number of rotatable bonds is 2. The van der Waals surface area contributed by atoms with Crippen LogP contribution in [0, 0.1) is 6.92 Å². The summed E-state index contributed by atoms with van der Waals surface area (Å²) < 4.78 is 0. The molecule has 0 bridgehead atoms. The molecule has 4 nitrogen and oxygen atoms in total. The zero-order valence-corrected chi connectivity index (χ0v) is 9.80. The van der Waals surface area contributed by atoms with E-state index in [1.54, 1.807) is 0 Å². The summed E-state index contributed by atoms with van der Waals surface area (Å²) in [7, 11) is 4.15. The van der Waals surface area contributed by atoms with Gasteiger partial charge in [-0.15, -0.1) is 0 Å². The lowest BCUT2D eigenvalue weighted by Gasteiger charge is -2.28. The molecule has 15 heavy (non-hydrogen) atoms. The summed E-state index contributed by atoms with van der Waals surface area (Å²) in [5.41, 5.74) is 3.57. The average Bonchev–Trinajstić information content (AvgIpc) is 2.61. The topological polar surface area (TPSA) is 44.0 Å². The Bertz CT molecular complexity index is 323. The highest BCUT2D eigenvalue weighted by Gasteiger charge is 2.23. The van der Waals surface area contributed by atoms with E-state index in [1.807, 2.05) is 7.05 Å². The van der Waals surface area contributed by atoms with E-state index in [9.17, 15) is 0 Å². The van der Waals surface area contributed by atoms with Gasteiger partial charge in [-0.05, 0) is 39.9 Å². The number of nitrogens with one attached hydrogen (secondary N) is 2. The van der Waals surface area contributed by atoms with Gasteiger partial charge in [-0.2, -0.15) is 5.10 Å². The molecule has 0 saturated carbocycles. The molecule has 1 aliphatic heterocycles. The second kappa shape index (κ2) is 4.23. The maximum atomic E-state index is 4.43. The molecule has 0 aromatic carbocycles. The van der Waals surface area contributed by atoms with Crippen molar-refractivity contribution < 1.29 is 0 Å². The molecule has 0 radical (unpaired) electrons. The lowest BCUT2D eigenvalue weighted by molar-refractivity contribution is 0.253. The van der Waals surface area contributed by atoms with Gasteiger partial charge in [-0.3, -0.25) is 5.10 Å². The predicted octanol–water partition coefficient (Wildman–Crippen LogP) is 1.57. The molecule has 0 aliphatic carbocycles. The van der Waals surface area contributed by atoms with Gasteiger partial charge in [0.25, 0.3) is 0 Å². The molecule has 2 rings (SSSR count). The van der Waals surface area contributed by atoms with Crippen LogP contribution < -0.4 is 5.32 Å². The molecule has 84 valence electrons. The molecule has 0 unspecified atom stereocenters. The van der Waals surface area contributed by atoms with Gasteiger partial charge in [-0.25, -0.2) is 0 Å². The first kappa shape index (κ1) is 10.5. The smallest absolute Gasteiger partial charge is 0.0887 e. The molecule has 1 fully saturated rings. The number of nitrogens with zero attached hydrogens (tertiary/aromatic N) is 2. The van der Waals surface area contributed by atoms with Crippen molar-refractivity contribution in [2.45, 2.75) is 25.7 Å². The van der Waals surface area contributed by atoms with Crippen LogP contribution in [-0.2, 0) is 0 Å². The number of aromatic nitrogens is 2. The van der Waals surface area contributed by atoms with Crippen molar-refractivity contribution in [1.29, 1.82) is 0 Å². The molecule has 1 aromatic rings. The summed E-state index contributed by atoms with van der Waals surface area (Å²) in [6.45, 7) is 4.43. The number of aromatic amines is 1. The van der Waals surface area contributed by atoms with Crippen LogP contribution in [0.3, 0.4) is 0 Å². The van der Waals surface area contributed by atoms with Crippen LogP contribution in [0.4, 0.5) is 5.69 Å². The van der Waals surface area contributed by atoms with Crippen molar-refractivity contribution in [3.8, 4) is 0 Å². The number of H-pyrrole nitrogens is 1. The molecule has 0 atom stereocenters. The van der Waals surface area contributed by atoms with E-state index in [4.69, 9.17) is 0 Å². The highest BCUT2D eigenvalue weighted by atomic mass is 15.2. The normalized spacial score (nSPS) is 19.4. The third-order valence-electron chi connectivity index (χ3n) is 3.33. The molecule has 2 heterocycles. The van der Waals surface area contributed by atoms with Crippen molar-refractivity contribution in [1.82, 2.24) is 15.1 Å². The summed E-state index contributed by atoms with van der Waals surface area (Å²) >= 11 is 0. The quantitative estimate of drug-likeness (QED) is 0.775. The Hall–Kier alpha value is -1.03. The lowest BCUT2D eigenvalue weighted by atomic mass is 9.93. The summed E-state index contributed by atoms with van der Waals surface area (Å²) in [5.74, 6) is 0.619. The first-order chi connectivity index (χ1) is 7.22. The standard InChI is InChI=1S/C11H20N4/c1-8-10(12-2)11(14-13-8)9-4-6-15(3)7-5-9/h9,12H,4-7H2,1-3H3,(H,13,14). The molecule has 1 aromatic heterocycles. The largest absolute Gasteiger partial charge is 0.385 e. The molecular formula is C11H20N4. The van der Waals surface area contributed by atoms with Crippen LogP contribution in [0.25, 0.3) is 0 Å². The number of piperidine rings is 1. The van der Waals surface area contributed by atoms with Gasteiger partial charge in [0.1, 0.15) is 0 Å². The van der Waals surface area contributed by atoms with Crippen molar-refractivity contribution in [2.75, 3.05) is 32.5 Å². The van der Waals surface area contributed by atoms with Crippen LogP contribution in [0.1, 0.15) is 30.1 Å². The highest BCUT2D eigenvalue weighted by molar-refractivity contribution is 5.52. The maximum absolute atomic E-state index is 4.43. The van der Waals surface area contributed by atoms with Crippen molar-refractivity contribution in [3.63, 3.8) is 0 Å². The Morgan fingerprint density at radius 2 is 2.07 bits per heavy atom. The van der Waals surface area contributed by atoms with Crippen LogP contribution >= 0.6 is 0 Å². The fraction of sp³-hybridized carbons (Fsp3) is 0.727. The second-order valence-corrected chi connectivity index (χ2v) is 4.44. The maximum Gasteiger partial charge on any atom is 0.0887 e. The van der Waals surface area contributed by atoms with E-state index in [2.05, 4.69) is 34.4 Å². The van der Waals surface area contributed by atoms with E-state index >= 15 is 0 Å². The number of aryl methyl sites for hydroxylation is 1. The minimum Gasteiger partial charge on any atom is -0.385 e. The Balaban J connectivity index is 2.15. The summed E-state index contributed by atoms with van der Waals surface area (Å²) in [6.07, 6.45) is 2.44. The minimum atomic E-state index is 0.619. The van der Waals surface area contributed by atoms with Gasteiger partial charge in [0, 0.05) is 13.0 Å². The van der Waals surface area contributed by atoms with Gasteiger partial charge in [0.05, 0.1) is 17.1 Å². The van der Waals surface area contributed by atoms with Crippen LogP contribution in [-0.4, -0.2) is 42.3 Å². The number of hydrogen-bond acceptors (Lipinski definition) is 3. The zero-order chi connectivity index (χ0) is 10.8. The summed E-state index contributed by atoms with van der Waals surface area (Å²) in [4.78, 5) is 2.38. The fourth-order valence-corrected chi connectivity index (χ4v) is 2.34. The second-order valence-electron chi connectivity index (χ2n) is 4.44. The van der Waals surface area contributed by atoms with E-state index < -0.39 is 0 Å². The van der Waals surface area contributed by atoms with E-state index in [1.165, 1.54) is 37.3 Å². The summed E-state index contributed by atoms with van der Waals surface area (Å²) in [5, 5.41) is 10.7. The van der Waals surface area contributed by atoms with E-state index in [0.717, 1.165) is 5.69 Å². The molecule has 0 spiro atoms. The van der Waals surface area contributed by atoms with Crippen molar-refractivity contribution >= 4 is 5.69 Å². The van der Waals surface area contributed by atoms with Crippen LogP contribution in [0.15, 0.2) is 0 Å². The number of likely N-dealkylation sites (tertiary alicyclic amines) is 1. The van der Waals surface area contributed by atoms with Crippen LogP contribution in [0.5, 0.6) is 0 Å². The van der Waals surface area contributed by atoms with Crippen molar-refractivity contribution in [2.24, 2.45) is 0 Å². The molecular weight excluding hydrogens is 188 g/mol. The molecule has 2 N–H and O–H groups in total. The Labute approximate surface area is 91.1 Å². The van der Waals surface area contributed by atoms with E-state index in [0.29, 0.717) is 5.92 Å². The van der Waals surface area contributed by atoms with Gasteiger partial charge in [0.2, 0.25) is 0 Å². The third kappa shape index (κ3) is 2.00. The first-order valence-corrected chi connectivity index (χ1v) is 5.63. The number of anilines is 1. The first-order valence-electron chi connectivity index (χ1n) is 5.63. The SMILES string of the molecule is CNc1c(C2CCN(C)CC2)n[nH]c1C.